The molecule has 2 aromatic carbocycles. The lowest BCUT2D eigenvalue weighted by Crippen LogP contribution is -2.01. The van der Waals surface area contributed by atoms with Gasteiger partial charge >= 0.3 is 0 Å². The Hall–Kier alpha value is -1.46. The van der Waals surface area contributed by atoms with E-state index >= 15 is 0 Å². The largest absolute Gasteiger partial charge is 0.489 e. The second-order valence-electron chi connectivity index (χ2n) is 3.91. The van der Waals surface area contributed by atoms with Crippen LogP contribution >= 0.6 is 15.9 Å². The third-order valence-corrected chi connectivity index (χ3v) is 3.39. The maximum Gasteiger partial charge on any atom is 0.165 e. The minimum Gasteiger partial charge on any atom is -0.489 e. The van der Waals surface area contributed by atoms with Crippen LogP contribution in [0.5, 0.6) is 5.75 Å². The van der Waals surface area contributed by atoms with Crippen LogP contribution in [-0.2, 0) is 13.2 Å². The zero-order chi connectivity index (χ0) is 13.8. The number of aliphatic hydroxyl groups excluding tert-OH is 1. The first kappa shape index (κ1) is 14.0. The van der Waals surface area contributed by atoms with Gasteiger partial charge in [-0.2, -0.15) is 0 Å². The second-order valence-corrected chi connectivity index (χ2v) is 4.77. The fraction of sp³-hybridized carbons (Fsp3) is 0.143. The van der Waals surface area contributed by atoms with Crippen LogP contribution in [0.15, 0.2) is 40.9 Å². The zero-order valence-corrected chi connectivity index (χ0v) is 11.5. The molecule has 0 aliphatic carbocycles. The van der Waals surface area contributed by atoms with Gasteiger partial charge in [-0.05, 0) is 29.8 Å². The Morgan fingerprint density at radius 2 is 1.89 bits per heavy atom. The monoisotopic (exact) mass is 328 g/mol. The van der Waals surface area contributed by atoms with Crippen molar-refractivity contribution < 1.29 is 18.6 Å². The van der Waals surface area contributed by atoms with Crippen LogP contribution < -0.4 is 4.74 Å². The lowest BCUT2D eigenvalue weighted by molar-refractivity contribution is 0.276. The van der Waals surface area contributed by atoms with Gasteiger partial charge < -0.3 is 9.84 Å². The van der Waals surface area contributed by atoms with Gasteiger partial charge in [0.25, 0.3) is 0 Å². The van der Waals surface area contributed by atoms with Crippen LogP contribution in [-0.4, -0.2) is 5.11 Å². The Morgan fingerprint density at radius 1 is 1.11 bits per heavy atom. The van der Waals surface area contributed by atoms with E-state index < -0.39 is 11.6 Å². The lowest BCUT2D eigenvalue weighted by Gasteiger charge is -2.09. The van der Waals surface area contributed by atoms with Crippen molar-refractivity contribution in [3.63, 3.8) is 0 Å². The summed E-state index contributed by atoms with van der Waals surface area (Å²) in [4.78, 5) is 0. The Bertz CT molecular complexity index is 588. The fourth-order valence-corrected chi connectivity index (χ4v) is 1.96. The third-order valence-electron chi connectivity index (χ3n) is 2.61. The molecule has 0 saturated carbocycles. The van der Waals surface area contributed by atoms with E-state index in [9.17, 15) is 8.78 Å². The number of aliphatic hydroxyl groups is 1. The number of ether oxygens (including phenoxy) is 1. The van der Waals surface area contributed by atoms with E-state index in [0.717, 1.165) is 10.5 Å². The maximum absolute atomic E-state index is 13.4. The standard InChI is InChI=1S/C14H11BrF2O2/c15-12-5-4-11(6-10(12)7-18)19-8-9-2-1-3-13(16)14(9)17/h1-6,18H,7-8H2. The molecule has 19 heavy (non-hydrogen) atoms. The van der Waals surface area contributed by atoms with Crippen LogP contribution in [0.4, 0.5) is 8.78 Å². The molecule has 2 aromatic rings. The van der Waals surface area contributed by atoms with Gasteiger partial charge in [-0.3, -0.25) is 0 Å². The van der Waals surface area contributed by atoms with Crippen molar-refractivity contribution in [1.29, 1.82) is 0 Å². The molecule has 0 amide bonds. The van der Waals surface area contributed by atoms with Crippen LogP contribution in [0, 0.1) is 11.6 Å². The molecular formula is C14H11BrF2O2. The van der Waals surface area contributed by atoms with Crippen molar-refractivity contribution in [3.05, 3.63) is 63.6 Å². The summed E-state index contributed by atoms with van der Waals surface area (Å²) in [6, 6.07) is 8.99. The van der Waals surface area contributed by atoms with Gasteiger partial charge in [-0.1, -0.05) is 28.1 Å². The summed E-state index contributed by atoms with van der Waals surface area (Å²) in [7, 11) is 0. The molecule has 0 aromatic heterocycles. The van der Waals surface area contributed by atoms with Crippen molar-refractivity contribution in [2.24, 2.45) is 0 Å². The summed E-state index contributed by atoms with van der Waals surface area (Å²) in [6.45, 7) is -0.206. The molecule has 0 aliphatic rings. The predicted molar refractivity (Wildman–Crippen MR) is 70.8 cm³/mol. The first-order valence-corrected chi connectivity index (χ1v) is 6.36. The normalized spacial score (nSPS) is 10.5. The molecule has 0 saturated heterocycles. The molecule has 0 aliphatic heterocycles. The highest BCUT2D eigenvalue weighted by Gasteiger charge is 2.08. The molecule has 100 valence electrons. The topological polar surface area (TPSA) is 29.5 Å². The number of hydrogen-bond acceptors (Lipinski definition) is 2. The Balaban J connectivity index is 2.12. The summed E-state index contributed by atoms with van der Waals surface area (Å²) in [5.74, 6) is -1.31. The van der Waals surface area contributed by atoms with E-state index in [1.54, 1.807) is 18.2 Å². The Labute approximate surface area is 117 Å². The van der Waals surface area contributed by atoms with Crippen molar-refractivity contribution in [2.45, 2.75) is 13.2 Å². The fourth-order valence-electron chi connectivity index (χ4n) is 1.58. The Morgan fingerprint density at radius 3 is 2.63 bits per heavy atom. The van der Waals surface area contributed by atoms with Crippen molar-refractivity contribution >= 4 is 15.9 Å². The van der Waals surface area contributed by atoms with Gasteiger partial charge in [-0.15, -0.1) is 0 Å². The van der Waals surface area contributed by atoms with E-state index in [1.165, 1.54) is 12.1 Å². The van der Waals surface area contributed by atoms with Crippen molar-refractivity contribution in [2.75, 3.05) is 0 Å². The second kappa shape index (κ2) is 6.12. The summed E-state index contributed by atoms with van der Waals surface area (Å²) in [6.07, 6.45) is 0. The van der Waals surface area contributed by atoms with Gasteiger partial charge in [0.15, 0.2) is 11.6 Å². The maximum atomic E-state index is 13.4. The first-order chi connectivity index (χ1) is 9.11. The molecule has 0 fully saturated rings. The number of rotatable bonds is 4. The lowest BCUT2D eigenvalue weighted by atomic mass is 10.2. The molecule has 2 nitrogen and oxygen atoms in total. The molecule has 0 bridgehead atoms. The summed E-state index contributed by atoms with van der Waals surface area (Å²) in [5, 5.41) is 9.11. The van der Waals surface area contributed by atoms with Gasteiger partial charge in [-0.25, -0.2) is 8.78 Å². The summed E-state index contributed by atoms with van der Waals surface area (Å²) < 4.78 is 32.6. The average molecular weight is 329 g/mol. The van der Waals surface area contributed by atoms with E-state index in [1.807, 2.05) is 0 Å². The summed E-state index contributed by atoms with van der Waals surface area (Å²) in [5.41, 5.74) is 0.811. The Kier molecular flexibility index (Phi) is 4.50. The molecule has 0 atom stereocenters. The van der Waals surface area contributed by atoms with Crippen LogP contribution in [0.1, 0.15) is 11.1 Å². The van der Waals surface area contributed by atoms with E-state index in [2.05, 4.69) is 15.9 Å². The van der Waals surface area contributed by atoms with E-state index in [-0.39, 0.29) is 18.8 Å². The highest BCUT2D eigenvalue weighted by atomic mass is 79.9. The third kappa shape index (κ3) is 3.30. The number of hydrogen-bond donors (Lipinski definition) is 1. The molecular weight excluding hydrogens is 318 g/mol. The van der Waals surface area contributed by atoms with Crippen LogP contribution in [0.25, 0.3) is 0 Å². The molecule has 5 heteroatoms. The van der Waals surface area contributed by atoms with Gasteiger partial charge in [0, 0.05) is 10.0 Å². The van der Waals surface area contributed by atoms with Gasteiger partial charge in [0.1, 0.15) is 12.4 Å². The molecule has 0 unspecified atom stereocenters. The van der Waals surface area contributed by atoms with E-state index in [0.29, 0.717) is 11.3 Å². The predicted octanol–water partition coefficient (Wildman–Crippen LogP) is 3.80. The van der Waals surface area contributed by atoms with Gasteiger partial charge in [0.2, 0.25) is 0 Å². The molecule has 0 spiro atoms. The highest BCUT2D eigenvalue weighted by molar-refractivity contribution is 9.10. The average Bonchev–Trinajstić information content (AvgIpc) is 2.42. The van der Waals surface area contributed by atoms with Crippen molar-refractivity contribution in [3.8, 4) is 5.75 Å². The minimum absolute atomic E-state index is 0.0733. The molecule has 0 radical (unpaired) electrons. The molecule has 2 rings (SSSR count). The molecule has 1 N–H and O–H groups in total. The van der Waals surface area contributed by atoms with Crippen LogP contribution in [0.2, 0.25) is 0 Å². The highest BCUT2D eigenvalue weighted by Crippen LogP contribution is 2.23. The number of benzene rings is 2. The first-order valence-electron chi connectivity index (χ1n) is 5.57. The number of halogens is 3. The van der Waals surface area contributed by atoms with Gasteiger partial charge in [0.05, 0.1) is 6.61 Å². The van der Waals surface area contributed by atoms with E-state index in [4.69, 9.17) is 9.84 Å². The quantitative estimate of drug-likeness (QED) is 0.925. The minimum atomic E-state index is -0.901. The summed E-state index contributed by atoms with van der Waals surface area (Å²) >= 11 is 3.28. The SMILES string of the molecule is OCc1cc(OCc2cccc(F)c2F)ccc1Br. The van der Waals surface area contributed by atoms with Crippen LogP contribution in [0.3, 0.4) is 0 Å². The zero-order valence-electron chi connectivity index (χ0n) is 9.87. The smallest absolute Gasteiger partial charge is 0.165 e. The van der Waals surface area contributed by atoms with Crippen molar-refractivity contribution in [1.82, 2.24) is 0 Å². The molecule has 0 heterocycles.